The van der Waals surface area contributed by atoms with Gasteiger partial charge in [-0.05, 0) is 23.4 Å². The largest absolute Gasteiger partial charge is 0.346 e. The molecule has 0 bridgehead atoms. The number of hydrogen-bond donors (Lipinski definition) is 0. The third kappa shape index (κ3) is 4.44. The molecule has 2 fully saturated rings. The van der Waals surface area contributed by atoms with Gasteiger partial charge in [0.1, 0.15) is 0 Å². The second-order valence-electron chi connectivity index (χ2n) is 6.77. The van der Waals surface area contributed by atoms with Crippen molar-refractivity contribution in [1.82, 2.24) is 4.90 Å². The molecule has 1 aromatic heterocycles. The van der Waals surface area contributed by atoms with E-state index in [9.17, 15) is 13.2 Å². The number of benzene rings is 1. The van der Waals surface area contributed by atoms with Gasteiger partial charge in [-0.1, -0.05) is 48.2 Å². The number of aliphatic imine (C=N–C) groups is 1. The van der Waals surface area contributed by atoms with Gasteiger partial charge in [-0.2, -0.15) is 4.99 Å². The van der Waals surface area contributed by atoms with Gasteiger partial charge >= 0.3 is 0 Å². The second-order valence-corrected chi connectivity index (χ2v) is 11.2. The number of rotatable bonds is 5. The molecule has 0 N–H and O–H groups in total. The fourth-order valence-corrected chi connectivity index (χ4v) is 8.19. The second kappa shape index (κ2) is 7.77. The predicted molar refractivity (Wildman–Crippen MR) is 111 cm³/mol. The van der Waals surface area contributed by atoms with Crippen LogP contribution in [0.3, 0.4) is 0 Å². The summed E-state index contributed by atoms with van der Waals surface area (Å²) in [6.45, 7) is 0.665. The average Bonchev–Trinajstić information content (AvgIpc) is 3.29. The van der Waals surface area contributed by atoms with Crippen LogP contribution in [-0.4, -0.2) is 53.7 Å². The molecule has 5 nitrogen and oxygen atoms in total. The number of fused-ring (bicyclic) bond motifs is 1. The van der Waals surface area contributed by atoms with Crippen LogP contribution >= 0.6 is 23.1 Å². The Morgan fingerprint density at radius 2 is 1.96 bits per heavy atom. The van der Waals surface area contributed by atoms with Crippen LogP contribution in [0.2, 0.25) is 0 Å². The standard InChI is InChI=1S/C19H20N2O3S3/c22-18(11-15-7-4-10-25-15)20-19-21(9-8-14-5-2-1-3-6-14)16-12-27(23,24)13-17(16)26-19/h1-7,10,16-17H,8-9,11-13H2/t16-,17+/m1/s1. The highest BCUT2D eigenvalue weighted by Crippen LogP contribution is 2.38. The van der Waals surface area contributed by atoms with Gasteiger partial charge in [0.2, 0.25) is 0 Å². The minimum Gasteiger partial charge on any atom is -0.346 e. The zero-order chi connectivity index (χ0) is 18.9. The third-order valence-electron chi connectivity index (χ3n) is 4.78. The Morgan fingerprint density at radius 3 is 2.70 bits per heavy atom. The van der Waals surface area contributed by atoms with Crippen molar-refractivity contribution in [1.29, 1.82) is 0 Å². The van der Waals surface area contributed by atoms with Gasteiger partial charge in [-0.25, -0.2) is 8.42 Å². The van der Waals surface area contributed by atoms with Crippen molar-refractivity contribution in [3.05, 3.63) is 58.3 Å². The van der Waals surface area contributed by atoms with Crippen molar-refractivity contribution in [2.75, 3.05) is 18.1 Å². The molecule has 0 unspecified atom stereocenters. The van der Waals surface area contributed by atoms with E-state index >= 15 is 0 Å². The van der Waals surface area contributed by atoms with E-state index in [0.29, 0.717) is 18.1 Å². The van der Waals surface area contributed by atoms with Crippen molar-refractivity contribution >= 4 is 44.0 Å². The van der Waals surface area contributed by atoms with E-state index in [-0.39, 0.29) is 28.7 Å². The van der Waals surface area contributed by atoms with E-state index in [1.165, 1.54) is 17.3 Å². The number of sulfone groups is 1. The number of nitrogens with zero attached hydrogens (tertiary/aromatic N) is 2. The van der Waals surface area contributed by atoms with Crippen LogP contribution in [0, 0.1) is 0 Å². The highest BCUT2D eigenvalue weighted by atomic mass is 32.2. The average molecular weight is 421 g/mol. The lowest BCUT2D eigenvalue weighted by molar-refractivity contribution is -0.117. The summed E-state index contributed by atoms with van der Waals surface area (Å²) < 4.78 is 24.1. The van der Waals surface area contributed by atoms with Gasteiger partial charge < -0.3 is 4.90 Å². The Labute approximate surface area is 167 Å². The Kier molecular flexibility index (Phi) is 5.39. The summed E-state index contributed by atoms with van der Waals surface area (Å²) in [5, 5.41) is 2.60. The Hall–Kier alpha value is -1.64. The molecular formula is C19H20N2O3S3. The first-order chi connectivity index (χ1) is 13.0. The summed E-state index contributed by atoms with van der Waals surface area (Å²) in [7, 11) is -3.02. The number of amidine groups is 1. The summed E-state index contributed by atoms with van der Waals surface area (Å²) in [5.74, 6) is 0.146. The molecule has 2 aliphatic heterocycles. The quantitative estimate of drug-likeness (QED) is 0.744. The molecule has 2 atom stereocenters. The molecular weight excluding hydrogens is 400 g/mol. The van der Waals surface area contributed by atoms with Crippen LogP contribution in [-0.2, 0) is 27.5 Å². The Bertz CT molecular complexity index is 940. The molecule has 142 valence electrons. The summed E-state index contributed by atoms with van der Waals surface area (Å²) in [6, 6.07) is 13.9. The number of carbonyl (C=O) groups excluding carboxylic acids is 1. The van der Waals surface area contributed by atoms with Crippen molar-refractivity contribution < 1.29 is 13.2 Å². The molecule has 8 heteroatoms. The fourth-order valence-electron chi connectivity index (χ4n) is 3.50. The number of thiophene rings is 1. The minimum atomic E-state index is -3.02. The van der Waals surface area contributed by atoms with E-state index in [1.54, 1.807) is 11.3 Å². The number of amides is 1. The lowest BCUT2D eigenvalue weighted by Gasteiger charge is -2.24. The molecule has 3 heterocycles. The van der Waals surface area contributed by atoms with Gasteiger partial charge in [0.15, 0.2) is 15.0 Å². The van der Waals surface area contributed by atoms with Gasteiger partial charge in [0.05, 0.1) is 24.0 Å². The van der Waals surface area contributed by atoms with Crippen LogP contribution in [0.1, 0.15) is 10.4 Å². The van der Waals surface area contributed by atoms with Crippen molar-refractivity contribution in [3.63, 3.8) is 0 Å². The molecule has 4 rings (SSSR count). The first-order valence-electron chi connectivity index (χ1n) is 8.82. The maximum absolute atomic E-state index is 12.4. The van der Waals surface area contributed by atoms with Crippen LogP contribution in [0.5, 0.6) is 0 Å². The number of carbonyl (C=O) groups is 1. The smallest absolute Gasteiger partial charge is 0.253 e. The van der Waals surface area contributed by atoms with E-state index in [0.717, 1.165) is 11.3 Å². The number of thioether (sulfide) groups is 1. The van der Waals surface area contributed by atoms with Crippen LogP contribution in [0.4, 0.5) is 0 Å². The fraction of sp³-hybridized carbons (Fsp3) is 0.368. The maximum Gasteiger partial charge on any atom is 0.253 e. The summed E-state index contributed by atoms with van der Waals surface area (Å²) in [5.41, 5.74) is 1.19. The lowest BCUT2D eigenvalue weighted by Crippen LogP contribution is -2.39. The summed E-state index contributed by atoms with van der Waals surface area (Å²) >= 11 is 2.99. The van der Waals surface area contributed by atoms with E-state index in [1.807, 2.05) is 40.6 Å². The molecule has 1 aromatic carbocycles. The van der Waals surface area contributed by atoms with E-state index in [2.05, 4.69) is 17.1 Å². The van der Waals surface area contributed by atoms with E-state index in [4.69, 9.17) is 0 Å². The number of hydrogen-bond acceptors (Lipinski definition) is 5. The van der Waals surface area contributed by atoms with Crippen LogP contribution in [0.25, 0.3) is 0 Å². The van der Waals surface area contributed by atoms with Gasteiger partial charge in [0.25, 0.3) is 5.91 Å². The highest BCUT2D eigenvalue weighted by Gasteiger charge is 2.48. The normalized spacial score (nSPS) is 25.0. The Balaban J connectivity index is 1.52. The molecule has 0 spiro atoms. The van der Waals surface area contributed by atoms with Crippen molar-refractivity contribution in [3.8, 4) is 0 Å². The minimum absolute atomic E-state index is 0.0286. The monoisotopic (exact) mass is 420 g/mol. The van der Waals surface area contributed by atoms with Crippen molar-refractivity contribution in [2.24, 2.45) is 4.99 Å². The summed E-state index contributed by atoms with van der Waals surface area (Å²) in [4.78, 5) is 19.8. The zero-order valence-corrected chi connectivity index (χ0v) is 17.1. The lowest BCUT2D eigenvalue weighted by atomic mass is 10.1. The Morgan fingerprint density at radius 1 is 1.15 bits per heavy atom. The van der Waals surface area contributed by atoms with Crippen LogP contribution < -0.4 is 0 Å². The predicted octanol–water partition coefficient (Wildman–Crippen LogP) is 2.63. The molecule has 2 saturated heterocycles. The first kappa shape index (κ1) is 18.7. The molecule has 2 aromatic rings. The molecule has 0 radical (unpaired) electrons. The zero-order valence-electron chi connectivity index (χ0n) is 14.7. The highest BCUT2D eigenvalue weighted by molar-refractivity contribution is 8.15. The maximum atomic E-state index is 12.4. The first-order valence-corrected chi connectivity index (χ1v) is 12.4. The molecule has 1 amide bonds. The SMILES string of the molecule is O=C(Cc1cccs1)N=C1S[C@H]2CS(=O)(=O)C[C@H]2N1CCc1ccccc1. The van der Waals surface area contributed by atoms with Gasteiger partial charge in [-0.3, -0.25) is 4.79 Å². The molecule has 27 heavy (non-hydrogen) atoms. The summed E-state index contributed by atoms with van der Waals surface area (Å²) in [6.07, 6.45) is 1.09. The van der Waals surface area contributed by atoms with Gasteiger partial charge in [0, 0.05) is 16.7 Å². The molecule has 2 aliphatic rings. The van der Waals surface area contributed by atoms with Gasteiger partial charge in [-0.15, -0.1) is 11.3 Å². The molecule has 0 saturated carbocycles. The van der Waals surface area contributed by atoms with E-state index < -0.39 is 9.84 Å². The molecule has 0 aliphatic carbocycles. The third-order valence-corrected chi connectivity index (χ3v) is 8.91. The van der Waals surface area contributed by atoms with Crippen molar-refractivity contribution in [2.45, 2.75) is 24.1 Å². The topological polar surface area (TPSA) is 66.8 Å². The van der Waals surface area contributed by atoms with Crippen LogP contribution in [0.15, 0.2) is 52.8 Å².